The first kappa shape index (κ1) is 48.2. The molecule has 0 aromatic heterocycles. The maximum absolute atomic E-state index is 14.9. The number of aliphatic hydroxyl groups is 2. The van der Waals surface area contributed by atoms with Gasteiger partial charge in [0.1, 0.15) is 35.7 Å². The fraction of sp³-hybridized carbons (Fsp3) is 0.412. The number of nitrogens with zero attached hydrogens (tertiary/aromatic N) is 3. The summed E-state index contributed by atoms with van der Waals surface area (Å²) in [6, 6.07) is 26.1. The minimum atomic E-state index is -1.60. The van der Waals surface area contributed by atoms with Gasteiger partial charge >= 0.3 is 6.09 Å². The van der Waals surface area contributed by atoms with E-state index in [1.165, 1.54) is 41.3 Å². The quantitative estimate of drug-likeness (QED) is 0.0239. The molecule has 2 aliphatic carbocycles. The second-order valence-electron chi connectivity index (χ2n) is 16.6. The Morgan fingerprint density at radius 3 is 2.42 bits per heavy atom. The average molecular weight is 924 g/mol. The number of amides is 1. The number of ether oxygens (including phenoxy) is 4. The number of benzene rings is 4. The summed E-state index contributed by atoms with van der Waals surface area (Å²) in [7, 11) is 0. The maximum Gasteiger partial charge on any atom is 0.416 e. The molecule has 0 unspecified atom stereocenters. The van der Waals surface area contributed by atoms with E-state index in [4.69, 9.17) is 28.9 Å². The van der Waals surface area contributed by atoms with Gasteiger partial charge in [-0.25, -0.2) is 9.18 Å². The number of non-ortho nitro benzene ring substituents is 1. The molecule has 66 heavy (non-hydrogen) atoms. The molecule has 15 heteroatoms. The van der Waals surface area contributed by atoms with Gasteiger partial charge in [-0.3, -0.25) is 15.0 Å². The minimum absolute atomic E-state index is 0.0205. The predicted molar refractivity (Wildman–Crippen MR) is 250 cm³/mol. The number of carbonyl (C=O) groups excluding carboxylic acids is 1. The highest BCUT2D eigenvalue weighted by atomic mass is 32.2. The van der Waals surface area contributed by atoms with E-state index in [1.807, 2.05) is 37.3 Å². The summed E-state index contributed by atoms with van der Waals surface area (Å²) >= 11 is 1.71. The Morgan fingerprint density at radius 2 is 1.73 bits per heavy atom. The van der Waals surface area contributed by atoms with Crippen LogP contribution in [-0.4, -0.2) is 82.5 Å². The molecule has 4 aromatic rings. The molecule has 0 radical (unpaired) electrons. The highest BCUT2D eigenvalue weighted by Gasteiger charge is 2.65. The number of hydrogen-bond acceptors (Lipinski definition) is 12. The summed E-state index contributed by atoms with van der Waals surface area (Å²) in [6.07, 6.45) is 7.49. The van der Waals surface area contributed by atoms with Crippen molar-refractivity contribution in [2.75, 3.05) is 38.8 Å². The van der Waals surface area contributed by atoms with Crippen LogP contribution in [0.15, 0.2) is 131 Å². The summed E-state index contributed by atoms with van der Waals surface area (Å²) < 4.78 is 41.2. The van der Waals surface area contributed by atoms with Gasteiger partial charge in [0.05, 0.1) is 29.8 Å². The monoisotopic (exact) mass is 923 g/mol. The van der Waals surface area contributed by atoms with E-state index in [0.29, 0.717) is 42.2 Å². The predicted octanol–water partition coefficient (Wildman–Crippen LogP) is 10.3. The van der Waals surface area contributed by atoms with Gasteiger partial charge < -0.3 is 34.0 Å². The minimum Gasteiger partial charge on any atom is -0.493 e. The number of nitro benzene ring substituents is 1. The first-order valence-corrected chi connectivity index (χ1v) is 23.7. The molecule has 1 saturated carbocycles. The Hall–Kier alpha value is -5.74. The Kier molecular flexibility index (Phi) is 16.9. The Balaban J connectivity index is 1.39. The van der Waals surface area contributed by atoms with Gasteiger partial charge in [-0.15, -0.1) is 18.3 Å². The molecule has 1 aliphatic heterocycles. The lowest BCUT2D eigenvalue weighted by molar-refractivity contribution is -0.384. The van der Waals surface area contributed by atoms with Crippen LogP contribution in [-0.2, 0) is 16.1 Å². The number of rotatable bonds is 23. The zero-order valence-corrected chi connectivity index (χ0v) is 38.0. The molecular weight excluding hydrogens is 866 g/mol. The van der Waals surface area contributed by atoms with Gasteiger partial charge in [0, 0.05) is 60.4 Å². The lowest BCUT2D eigenvalue weighted by Gasteiger charge is -2.59. The first-order valence-electron chi connectivity index (χ1n) is 22.7. The van der Waals surface area contributed by atoms with Gasteiger partial charge in [0.25, 0.3) is 5.69 Å². The van der Waals surface area contributed by atoms with Crippen LogP contribution < -0.4 is 14.2 Å². The highest BCUT2D eigenvalue weighted by molar-refractivity contribution is 7.99. The van der Waals surface area contributed by atoms with Crippen LogP contribution in [0, 0.1) is 33.7 Å². The average Bonchev–Trinajstić information content (AvgIpc) is 3.33. The summed E-state index contributed by atoms with van der Waals surface area (Å²) in [5.74, 6) is -0.914. The van der Waals surface area contributed by atoms with Gasteiger partial charge in [-0.2, -0.15) is 0 Å². The van der Waals surface area contributed by atoms with Crippen LogP contribution in [0.3, 0.4) is 0 Å². The van der Waals surface area contributed by atoms with Crippen LogP contribution in [0.25, 0.3) is 0 Å². The molecule has 7 rings (SSSR count). The van der Waals surface area contributed by atoms with Crippen LogP contribution in [0.4, 0.5) is 14.9 Å². The molecule has 350 valence electrons. The van der Waals surface area contributed by atoms with Crippen molar-refractivity contribution in [1.82, 2.24) is 4.90 Å². The lowest BCUT2D eigenvalue weighted by Crippen LogP contribution is -2.70. The molecule has 0 saturated heterocycles. The van der Waals surface area contributed by atoms with Crippen molar-refractivity contribution in [2.24, 2.45) is 22.9 Å². The second-order valence-corrected chi connectivity index (χ2v) is 17.7. The van der Waals surface area contributed by atoms with Gasteiger partial charge in [-0.05, 0) is 110 Å². The number of nitro groups is 1. The van der Waals surface area contributed by atoms with Crippen molar-refractivity contribution in [2.45, 2.75) is 81.1 Å². The van der Waals surface area contributed by atoms with Crippen LogP contribution >= 0.6 is 11.8 Å². The summed E-state index contributed by atoms with van der Waals surface area (Å²) in [6.45, 7) is 6.67. The zero-order chi connectivity index (χ0) is 46.5. The number of unbranched alkanes of at least 4 members (excludes halogenated alkanes) is 2. The topological polar surface area (TPSA) is 162 Å². The highest BCUT2D eigenvalue weighted by Crippen LogP contribution is 2.62. The second kappa shape index (κ2) is 23.1. The van der Waals surface area contributed by atoms with E-state index in [-0.39, 0.29) is 68.6 Å². The number of hydrogen-bond donors (Lipinski definition) is 2. The number of carbonyl (C=O) groups is 1. The zero-order valence-electron chi connectivity index (χ0n) is 37.2. The third-order valence-corrected chi connectivity index (χ3v) is 13.4. The van der Waals surface area contributed by atoms with E-state index < -0.39 is 34.6 Å². The van der Waals surface area contributed by atoms with E-state index in [2.05, 4.69) is 30.9 Å². The Labute approximate surface area is 389 Å². The number of thioether (sulfide) groups is 1. The van der Waals surface area contributed by atoms with Crippen LogP contribution in [0.5, 0.6) is 17.2 Å². The van der Waals surface area contributed by atoms with Crippen molar-refractivity contribution >= 4 is 29.3 Å². The van der Waals surface area contributed by atoms with E-state index in [0.717, 1.165) is 47.5 Å². The fourth-order valence-corrected chi connectivity index (χ4v) is 10.4. The first-order chi connectivity index (χ1) is 32.2. The molecule has 2 N–H and O–H groups in total. The third kappa shape index (κ3) is 11.3. The summed E-state index contributed by atoms with van der Waals surface area (Å²) in [4.78, 5) is 34.4. The molecule has 3 aliphatic rings. The normalized spacial score (nSPS) is 22.3. The lowest BCUT2D eigenvalue weighted by atomic mass is 9.55. The number of aliphatic hydroxyl groups excluding tert-OH is 2. The van der Waals surface area contributed by atoms with Gasteiger partial charge in [0.15, 0.2) is 0 Å². The van der Waals surface area contributed by atoms with E-state index in [1.54, 1.807) is 30.0 Å². The fourth-order valence-electron chi connectivity index (χ4n) is 9.60. The smallest absolute Gasteiger partial charge is 0.416 e. The maximum atomic E-state index is 14.9. The number of halogens is 1. The van der Waals surface area contributed by atoms with E-state index >= 15 is 0 Å². The largest absolute Gasteiger partial charge is 0.493 e. The number of oxime groups is 1. The Morgan fingerprint density at radius 1 is 1.00 bits per heavy atom. The molecule has 0 spiro atoms. The molecule has 1 heterocycles. The van der Waals surface area contributed by atoms with Crippen molar-refractivity contribution in [3.63, 3.8) is 0 Å². The molecule has 4 aromatic carbocycles. The molecular formula is C51H58FN3O10S. The van der Waals surface area contributed by atoms with Gasteiger partial charge in [-0.1, -0.05) is 60.5 Å². The number of fused-ring (bicyclic) bond motifs is 2. The molecule has 0 bridgehead atoms. The standard InChI is InChI=1S/C51H58FN3O10S/c1-3-28-62-51-47(54(34-35-16-18-37(52)19-17-35)50(58)64-39-22-20-38(21-23-39)55(59)60)33-45(53-63-4-2)43-31-36(12-8-10-26-56)42(15-9-11-27-57)48(49(43)51)44-32-40(24-25-46(44)65-51)61-29-30-66-41-13-6-5-7-14-41/h3,5-7,13-14,16-25,31-32,36,42,47-49,56-57H,1,4,8-12,15,26-30,33-34H2,2H3/t36-,42+,47-,48+,49+,51+/m0/s1. The Bertz CT molecular complexity index is 2310. The summed E-state index contributed by atoms with van der Waals surface area (Å²) in [5, 5.41) is 36.1. The summed E-state index contributed by atoms with van der Waals surface area (Å²) in [5.41, 5.74) is 2.80. The van der Waals surface area contributed by atoms with Crippen LogP contribution in [0.1, 0.15) is 68.9 Å². The van der Waals surface area contributed by atoms with Crippen molar-refractivity contribution in [1.29, 1.82) is 0 Å². The van der Waals surface area contributed by atoms with Gasteiger partial charge in [0.2, 0.25) is 5.79 Å². The molecule has 1 amide bonds. The third-order valence-electron chi connectivity index (χ3n) is 12.4. The van der Waals surface area contributed by atoms with E-state index in [9.17, 15) is 29.5 Å². The van der Waals surface area contributed by atoms with Crippen molar-refractivity contribution in [3.8, 4) is 17.2 Å². The molecule has 6 atom stereocenters. The molecule has 1 fully saturated rings. The number of allylic oxidation sites excluding steroid dienone is 1. The molecule has 13 nitrogen and oxygen atoms in total. The SMILES string of the molecule is C=CCO[C@@]12Oc3ccc(OCCSc4ccccc4)cc3[C@H]3[C@H](CCCCO)[C@@H](CCCCO)C=C(C(=NOCC)C[C@@H]1N(Cc1ccc(F)cc1)C(=O)Oc1ccc([N+](=O)[O-])cc1)[C@H]32. The van der Waals surface area contributed by atoms with Crippen LogP contribution in [0.2, 0.25) is 0 Å². The van der Waals surface area contributed by atoms with Crippen molar-refractivity contribution in [3.05, 3.63) is 148 Å². The van der Waals surface area contributed by atoms with Crippen molar-refractivity contribution < 1.29 is 48.1 Å².